The number of nitrogens with two attached hydrogens (primary N) is 1. The van der Waals surface area contributed by atoms with Crippen molar-refractivity contribution in [1.82, 2.24) is 14.3 Å². The Kier molecular flexibility index (Phi) is 6.20. The van der Waals surface area contributed by atoms with Crippen molar-refractivity contribution in [2.45, 2.75) is 25.6 Å². The van der Waals surface area contributed by atoms with Gasteiger partial charge in [0.25, 0.3) is 11.8 Å². The van der Waals surface area contributed by atoms with Crippen LogP contribution in [0.15, 0.2) is 42.6 Å². The zero-order valence-electron chi connectivity index (χ0n) is 18.1. The Hall–Kier alpha value is -3.84. The fourth-order valence-corrected chi connectivity index (χ4v) is 3.15. The summed E-state index contributed by atoms with van der Waals surface area (Å²) < 4.78 is 40.9. The number of amides is 2. The van der Waals surface area contributed by atoms with Crippen LogP contribution in [-0.4, -0.2) is 50.4 Å². The summed E-state index contributed by atoms with van der Waals surface area (Å²) in [4.78, 5) is 29.5. The first-order valence-electron chi connectivity index (χ1n) is 9.85. The van der Waals surface area contributed by atoms with Crippen LogP contribution in [0.3, 0.4) is 0 Å². The topological polar surface area (TPSA) is 101 Å². The van der Waals surface area contributed by atoms with Gasteiger partial charge < -0.3 is 15.7 Å². The van der Waals surface area contributed by atoms with E-state index >= 15 is 0 Å². The van der Waals surface area contributed by atoms with Crippen molar-refractivity contribution in [2.24, 2.45) is 5.73 Å². The van der Waals surface area contributed by atoms with Crippen molar-refractivity contribution in [3.05, 3.63) is 59.5 Å². The average molecular weight is 458 g/mol. The van der Waals surface area contributed by atoms with Crippen LogP contribution in [0.2, 0.25) is 0 Å². The number of aliphatic hydroxyl groups is 1. The third-order valence-electron chi connectivity index (χ3n) is 5.01. The highest BCUT2D eigenvalue weighted by molar-refractivity contribution is 5.93. The molecule has 0 saturated heterocycles. The summed E-state index contributed by atoms with van der Waals surface area (Å²) in [6.45, 7) is 3.42. The number of carbonyl (C=O) groups is 2. The highest BCUT2D eigenvalue weighted by Crippen LogP contribution is 2.33. The van der Waals surface area contributed by atoms with Crippen molar-refractivity contribution in [3.63, 3.8) is 0 Å². The number of hydrogen-bond acceptors (Lipinski definition) is 4. The Bertz CT molecular complexity index is 1300. The maximum absolute atomic E-state index is 13.2. The maximum atomic E-state index is 13.2. The van der Waals surface area contributed by atoms with Gasteiger partial charge in [0.05, 0.1) is 16.8 Å². The molecule has 3 rings (SSSR count). The first-order valence-corrected chi connectivity index (χ1v) is 9.85. The van der Waals surface area contributed by atoms with E-state index in [0.717, 1.165) is 18.3 Å². The van der Waals surface area contributed by atoms with E-state index in [2.05, 4.69) is 16.8 Å². The smallest absolute Gasteiger partial charge is 0.370 e. The minimum atomic E-state index is -4.59. The molecule has 0 radical (unpaired) electrons. The molecule has 33 heavy (non-hydrogen) atoms. The van der Waals surface area contributed by atoms with Crippen LogP contribution in [0.1, 0.15) is 35.6 Å². The fourth-order valence-electron chi connectivity index (χ4n) is 3.15. The molecule has 2 amide bonds. The van der Waals surface area contributed by atoms with Gasteiger partial charge in [0.15, 0.2) is 0 Å². The molecule has 1 atom stereocenters. The second-order valence-electron chi connectivity index (χ2n) is 7.54. The lowest BCUT2D eigenvalue weighted by Gasteiger charge is -2.22. The van der Waals surface area contributed by atoms with Gasteiger partial charge >= 0.3 is 6.18 Å². The molecule has 1 aromatic carbocycles. The van der Waals surface area contributed by atoms with Crippen molar-refractivity contribution >= 4 is 17.3 Å². The standard InChI is InChI=1S/C23H21F3N4O3/c1-4-29(3)21(32)22(2,33)10-8-14-6-5-7-15(12-14)18-17-13-16(23(24,25)26)9-11-30(17)20(28-18)19(27)31/h5-7,9,11-13,33H,4H2,1-3H3,(H2,27,31)/t22-/m1/s1. The quantitative estimate of drug-likeness (QED) is 0.587. The van der Waals surface area contributed by atoms with E-state index < -0.39 is 29.2 Å². The van der Waals surface area contributed by atoms with E-state index in [1.54, 1.807) is 25.1 Å². The van der Waals surface area contributed by atoms with E-state index in [9.17, 15) is 27.9 Å². The molecule has 10 heteroatoms. The van der Waals surface area contributed by atoms with Crippen molar-refractivity contribution in [1.29, 1.82) is 0 Å². The predicted octanol–water partition coefficient (Wildman–Crippen LogP) is 2.70. The first kappa shape index (κ1) is 23.8. The summed E-state index contributed by atoms with van der Waals surface area (Å²) in [5.41, 5.74) is 3.42. The Morgan fingerprint density at radius 3 is 2.55 bits per heavy atom. The van der Waals surface area contributed by atoms with Crippen molar-refractivity contribution in [2.75, 3.05) is 13.6 Å². The van der Waals surface area contributed by atoms with Crippen LogP contribution < -0.4 is 5.73 Å². The maximum Gasteiger partial charge on any atom is 0.416 e. The molecule has 0 saturated carbocycles. The third-order valence-corrected chi connectivity index (χ3v) is 5.01. The largest absolute Gasteiger partial charge is 0.416 e. The summed E-state index contributed by atoms with van der Waals surface area (Å²) in [5, 5.41) is 10.4. The number of likely N-dealkylation sites (N-methyl/N-ethyl adjacent to an activating group) is 1. The molecular weight excluding hydrogens is 437 g/mol. The number of alkyl halides is 3. The minimum Gasteiger partial charge on any atom is -0.370 e. The number of imidazole rings is 1. The molecule has 0 aliphatic heterocycles. The monoisotopic (exact) mass is 458 g/mol. The highest BCUT2D eigenvalue weighted by Gasteiger charge is 2.32. The zero-order chi connectivity index (χ0) is 24.6. The average Bonchev–Trinajstić information content (AvgIpc) is 3.15. The second-order valence-corrected chi connectivity index (χ2v) is 7.54. The van der Waals surface area contributed by atoms with Crippen LogP contribution in [0, 0.1) is 11.8 Å². The molecular formula is C23H21F3N4O3. The van der Waals surface area contributed by atoms with Gasteiger partial charge in [0.1, 0.15) is 0 Å². The van der Waals surface area contributed by atoms with E-state index in [0.29, 0.717) is 17.7 Å². The van der Waals surface area contributed by atoms with Gasteiger partial charge in [0, 0.05) is 30.9 Å². The molecule has 0 spiro atoms. The van der Waals surface area contributed by atoms with Crippen molar-refractivity contribution in [3.8, 4) is 23.1 Å². The number of pyridine rings is 1. The predicted molar refractivity (Wildman–Crippen MR) is 115 cm³/mol. The second kappa shape index (κ2) is 8.60. The molecule has 0 aliphatic carbocycles. The fraction of sp³-hybridized carbons (Fsp3) is 0.261. The number of carbonyl (C=O) groups excluding carboxylic acids is 2. The van der Waals surface area contributed by atoms with E-state index in [1.165, 1.54) is 29.3 Å². The molecule has 7 nitrogen and oxygen atoms in total. The SMILES string of the molecule is CCN(C)C(=O)[C@](C)(O)C#Cc1cccc(-c2nc(C(N)=O)n3ccc(C(F)(F)F)cc23)c1. The highest BCUT2D eigenvalue weighted by atomic mass is 19.4. The van der Waals surface area contributed by atoms with Crippen LogP contribution in [0.4, 0.5) is 13.2 Å². The Balaban J connectivity index is 2.11. The van der Waals surface area contributed by atoms with Gasteiger partial charge in [-0.25, -0.2) is 4.98 Å². The lowest BCUT2D eigenvalue weighted by Crippen LogP contribution is -2.44. The van der Waals surface area contributed by atoms with E-state index in [-0.39, 0.29) is 17.0 Å². The Labute approximate surface area is 187 Å². The number of rotatable bonds is 4. The van der Waals surface area contributed by atoms with Gasteiger partial charge in [0.2, 0.25) is 11.4 Å². The van der Waals surface area contributed by atoms with Crippen LogP contribution in [0.25, 0.3) is 16.8 Å². The zero-order valence-corrected chi connectivity index (χ0v) is 18.1. The number of hydrogen-bond donors (Lipinski definition) is 2. The Morgan fingerprint density at radius 2 is 1.94 bits per heavy atom. The summed E-state index contributed by atoms with van der Waals surface area (Å²) >= 11 is 0. The van der Waals surface area contributed by atoms with Crippen LogP contribution >= 0.6 is 0 Å². The summed E-state index contributed by atoms with van der Waals surface area (Å²) in [6, 6.07) is 8.04. The molecule has 0 unspecified atom stereocenters. The van der Waals surface area contributed by atoms with E-state index in [1.807, 2.05) is 0 Å². The lowest BCUT2D eigenvalue weighted by atomic mass is 10.0. The van der Waals surface area contributed by atoms with Gasteiger partial charge in [-0.2, -0.15) is 13.2 Å². The van der Waals surface area contributed by atoms with Gasteiger partial charge in [-0.1, -0.05) is 24.0 Å². The van der Waals surface area contributed by atoms with Crippen LogP contribution in [0.5, 0.6) is 0 Å². The number of nitrogens with zero attached hydrogens (tertiary/aromatic N) is 3. The van der Waals surface area contributed by atoms with Gasteiger partial charge in [-0.3, -0.25) is 14.0 Å². The molecule has 3 aromatic rings. The molecule has 2 heterocycles. The molecule has 3 N–H and O–H groups in total. The number of benzene rings is 1. The van der Waals surface area contributed by atoms with Crippen molar-refractivity contribution < 1.29 is 27.9 Å². The number of aromatic nitrogens is 2. The number of primary amides is 1. The normalized spacial score (nSPS) is 13.2. The third kappa shape index (κ3) is 4.83. The number of fused-ring (bicyclic) bond motifs is 1. The summed E-state index contributed by atoms with van der Waals surface area (Å²) in [6.07, 6.45) is -3.50. The molecule has 0 fully saturated rings. The molecule has 0 bridgehead atoms. The van der Waals surface area contributed by atoms with Crippen LogP contribution in [-0.2, 0) is 11.0 Å². The van der Waals surface area contributed by atoms with E-state index in [4.69, 9.17) is 5.73 Å². The van der Waals surface area contributed by atoms with Gasteiger partial charge in [-0.05, 0) is 38.1 Å². The Morgan fingerprint density at radius 1 is 1.24 bits per heavy atom. The lowest BCUT2D eigenvalue weighted by molar-refractivity contribution is -0.142. The molecule has 0 aliphatic rings. The summed E-state index contributed by atoms with van der Waals surface area (Å²) in [5.74, 6) is 3.55. The minimum absolute atomic E-state index is 0.0375. The van der Waals surface area contributed by atoms with Gasteiger partial charge in [-0.15, -0.1) is 0 Å². The number of halogens is 3. The molecule has 2 aromatic heterocycles. The first-order chi connectivity index (χ1) is 15.3. The molecule has 172 valence electrons. The summed E-state index contributed by atoms with van der Waals surface area (Å²) in [7, 11) is 1.54.